The van der Waals surface area contributed by atoms with Crippen LogP contribution in [-0.2, 0) is 0 Å². The van der Waals surface area contributed by atoms with E-state index in [4.69, 9.17) is 10.5 Å². The van der Waals surface area contributed by atoms with E-state index in [1.165, 1.54) is 5.56 Å². The van der Waals surface area contributed by atoms with Crippen molar-refractivity contribution in [2.24, 2.45) is 5.73 Å². The van der Waals surface area contributed by atoms with Gasteiger partial charge in [0, 0.05) is 6.04 Å². The number of ether oxygens (including phenoxy) is 1. The van der Waals surface area contributed by atoms with Crippen LogP contribution >= 0.6 is 0 Å². The van der Waals surface area contributed by atoms with Crippen molar-refractivity contribution in [1.29, 1.82) is 0 Å². The number of rotatable bonds is 3. The third-order valence-electron chi connectivity index (χ3n) is 2.05. The van der Waals surface area contributed by atoms with E-state index < -0.39 is 0 Å². The maximum absolute atomic E-state index is 5.70. The molecule has 0 aliphatic rings. The smallest absolute Gasteiger partial charge is 0.120 e. The predicted octanol–water partition coefficient (Wildman–Crippen LogP) is 2.11. The lowest BCUT2D eigenvalue weighted by atomic mass is 10.2. The van der Waals surface area contributed by atoms with Crippen LogP contribution in [0.5, 0.6) is 5.75 Å². The topological polar surface area (TPSA) is 35.2 Å². The summed E-state index contributed by atoms with van der Waals surface area (Å²) >= 11 is 0. The largest absolute Gasteiger partial charge is 0.489 e. The first-order chi connectivity index (χ1) is 6.09. The summed E-state index contributed by atoms with van der Waals surface area (Å²) < 4.78 is 5.63. The highest BCUT2D eigenvalue weighted by Crippen LogP contribution is 2.14. The van der Waals surface area contributed by atoms with Crippen LogP contribution in [-0.4, -0.2) is 12.1 Å². The highest BCUT2D eigenvalue weighted by molar-refractivity contribution is 5.27. The van der Waals surface area contributed by atoms with Gasteiger partial charge in [0.05, 0.1) is 0 Å². The average molecular weight is 179 g/mol. The van der Waals surface area contributed by atoms with Gasteiger partial charge in [0.2, 0.25) is 0 Å². The fraction of sp³-hybridized carbons (Fsp3) is 0.455. The van der Waals surface area contributed by atoms with Crippen LogP contribution in [0, 0.1) is 6.92 Å². The van der Waals surface area contributed by atoms with Crippen molar-refractivity contribution in [2.45, 2.75) is 32.9 Å². The molecule has 0 fully saturated rings. The first-order valence-corrected chi connectivity index (χ1v) is 4.58. The molecule has 1 aromatic rings. The lowest BCUT2D eigenvalue weighted by Crippen LogP contribution is -2.33. The van der Waals surface area contributed by atoms with Crippen LogP contribution in [0.2, 0.25) is 0 Å². The molecule has 2 atom stereocenters. The van der Waals surface area contributed by atoms with Crippen LogP contribution in [0.1, 0.15) is 19.4 Å². The summed E-state index contributed by atoms with van der Waals surface area (Å²) in [5.41, 5.74) is 6.90. The highest BCUT2D eigenvalue weighted by Gasteiger charge is 2.08. The third kappa shape index (κ3) is 3.07. The fourth-order valence-corrected chi connectivity index (χ4v) is 1.01. The summed E-state index contributed by atoms with van der Waals surface area (Å²) in [5.74, 6) is 0.893. The minimum Gasteiger partial charge on any atom is -0.489 e. The molecule has 0 amide bonds. The van der Waals surface area contributed by atoms with Crippen molar-refractivity contribution >= 4 is 0 Å². The van der Waals surface area contributed by atoms with Gasteiger partial charge in [-0.3, -0.25) is 0 Å². The van der Waals surface area contributed by atoms with E-state index in [0.717, 1.165) is 5.75 Å². The Morgan fingerprint density at radius 1 is 1.31 bits per heavy atom. The number of hydrogen-bond donors (Lipinski definition) is 1. The molecule has 0 radical (unpaired) electrons. The van der Waals surface area contributed by atoms with Crippen LogP contribution < -0.4 is 10.5 Å². The zero-order valence-electron chi connectivity index (χ0n) is 8.45. The molecule has 2 nitrogen and oxygen atoms in total. The van der Waals surface area contributed by atoms with Gasteiger partial charge in [-0.05, 0) is 38.5 Å². The Hall–Kier alpha value is -1.02. The molecule has 2 N–H and O–H groups in total. The molecule has 0 aliphatic carbocycles. The van der Waals surface area contributed by atoms with E-state index in [-0.39, 0.29) is 12.1 Å². The standard InChI is InChI=1S/C11H17NO/c1-8-5-4-6-11(7-8)13-10(3)9(2)12/h4-7,9-10H,12H2,1-3H3/t9-,10?/m0/s1. The minimum atomic E-state index is 0.0560. The molecule has 0 saturated heterocycles. The number of aryl methyl sites for hydroxylation is 1. The van der Waals surface area contributed by atoms with Crippen LogP contribution in [0.4, 0.5) is 0 Å². The van der Waals surface area contributed by atoms with Crippen molar-refractivity contribution in [2.75, 3.05) is 0 Å². The van der Waals surface area contributed by atoms with Crippen molar-refractivity contribution in [3.63, 3.8) is 0 Å². The van der Waals surface area contributed by atoms with Crippen molar-refractivity contribution in [3.05, 3.63) is 29.8 Å². The monoisotopic (exact) mass is 179 g/mol. The second kappa shape index (κ2) is 4.28. The molecule has 1 rings (SSSR count). The van der Waals surface area contributed by atoms with E-state index in [0.29, 0.717) is 0 Å². The maximum Gasteiger partial charge on any atom is 0.120 e. The first-order valence-electron chi connectivity index (χ1n) is 4.58. The second-order valence-electron chi connectivity index (χ2n) is 3.50. The minimum absolute atomic E-state index is 0.0560. The summed E-state index contributed by atoms with van der Waals surface area (Å²) in [7, 11) is 0. The summed E-state index contributed by atoms with van der Waals surface area (Å²) in [6.45, 7) is 5.97. The molecule has 0 bridgehead atoms. The Balaban J connectivity index is 2.64. The molecule has 0 saturated carbocycles. The normalized spacial score (nSPS) is 15.1. The summed E-state index contributed by atoms with van der Waals surface area (Å²) in [5, 5.41) is 0. The van der Waals surface area contributed by atoms with E-state index in [9.17, 15) is 0 Å². The Bertz CT molecular complexity index is 271. The van der Waals surface area contributed by atoms with Crippen molar-refractivity contribution in [3.8, 4) is 5.75 Å². The Morgan fingerprint density at radius 3 is 2.54 bits per heavy atom. The van der Waals surface area contributed by atoms with Gasteiger partial charge in [0.1, 0.15) is 11.9 Å². The number of nitrogens with two attached hydrogens (primary N) is 1. The fourth-order valence-electron chi connectivity index (χ4n) is 1.01. The van der Waals surface area contributed by atoms with Gasteiger partial charge in [-0.1, -0.05) is 12.1 Å². The zero-order chi connectivity index (χ0) is 9.84. The van der Waals surface area contributed by atoms with Gasteiger partial charge in [-0.15, -0.1) is 0 Å². The Morgan fingerprint density at radius 2 is 2.00 bits per heavy atom. The molecular weight excluding hydrogens is 162 g/mol. The summed E-state index contributed by atoms with van der Waals surface area (Å²) in [4.78, 5) is 0. The van der Waals surface area contributed by atoms with Crippen LogP contribution in [0.15, 0.2) is 24.3 Å². The molecule has 0 heterocycles. The molecule has 72 valence electrons. The van der Waals surface area contributed by atoms with Gasteiger partial charge >= 0.3 is 0 Å². The first kappa shape index (κ1) is 10.1. The number of benzene rings is 1. The van der Waals surface area contributed by atoms with Gasteiger partial charge < -0.3 is 10.5 Å². The SMILES string of the molecule is Cc1cccc(OC(C)[C@H](C)N)c1. The molecule has 1 unspecified atom stereocenters. The van der Waals surface area contributed by atoms with Crippen molar-refractivity contribution in [1.82, 2.24) is 0 Å². The van der Waals surface area contributed by atoms with E-state index in [1.54, 1.807) is 0 Å². The van der Waals surface area contributed by atoms with E-state index >= 15 is 0 Å². The molecular formula is C11H17NO. The Labute approximate surface area is 79.7 Å². The van der Waals surface area contributed by atoms with Gasteiger partial charge in [-0.25, -0.2) is 0 Å². The molecule has 2 heteroatoms. The Kier molecular flexibility index (Phi) is 3.32. The van der Waals surface area contributed by atoms with Crippen LogP contribution in [0.3, 0.4) is 0 Å². The second-order valence-corrected chi connectivity index (χ2v) is 3.50. The van der Waals surface area contributed by atoms with Gasteiger partial charge in [0.25, 0.3) is 0 Å². The molecule has 0 spiro atoms. The predicted molar refractivity (Wildman–Crippen MR) is 54.9 cm³/mol. The molecule has 13 heavy (non-hydrogen) atoms. The zero-order valence-corrected chi connectivity index (χ0v) is 8.45. The average Bonchev–Trinajstić information content (AvgIpc) is 2.04. The maximum atomic E-state index is 5.70. The van der Waals surface area contributed by atoms with E-state index in [1.807, 2.05) is 45.0 Å². The van der Waals surface area contributed by atoms with Gasteiger partial charge in [0.15, 0.2) is 0 Å². The van der Waals surface area contributed by atoms with Gasteiger partial charge in [-0.2, -0.15) is 0 Å². The summed E-state index contributed by atoms with van der Waals surface area (Å²) in [6.07, 6.45) is 0.0572. The van der Waals surface area contributed by atoms with Crippen LogP contribution in [0.25, 0.3) is 0 Å². The third-order valence-corrected chi connectivity index (χ3v) is 2.05. The highest BCUT2D eigenvalue weighted by atomic mass is 16.5. The van der Waals surface area contributed by atoms with Crippen molar-refractivity contribution < 1.29 is 4.74 Å². The lowest BCUT2D eigenvalue weighted by Gasteiger charge is -2.18. The summed E-state index contributed by atoms with van der Waals surface area (Å²) in [6, 6.07) is 8.05. The quantitative estimate of drug-likeness (QED) is 0.771. The molecule has 0 aliphatic heterocycles. The molecule has 0 aromatic heterocycles. The molecule has 1 aromatic carbocycles. The van der Waals surface area contributed by atoms with E-state index in [2.05, 4.69) is 0 Å². The number of hydrogen-bond acceptors (Lipinski definition) is 2. The lowest BCUT2D eigenvalue weighted by molar-refractivity contribution is 0.196.